The Bertz CT molecular complexity index is 340. The lowest BCUT2D eigenvalue weighted by atomic mass is 9.71. The molecule has 3 aliphatic rings. The Morgan fingerprint density at radius 1 is 0.750 bits per heavy atom. The molecular formula is C20H36O4. The lowest BCUT2D eigenvalue weighted by Crippen LogP contribution is -2.53. The van der Waals surface area contributed by atoms with Crippen molar-refractivity contribution < 1.29 is 18.9 Å². The molecule has 0 spiro atoms. The van der Waals surface area contributed by atoms with Crippen molar-refractivity contribution in [2.45, 2.75) is 76.8 Å². The molecule has 3 fully saturated rings. The Kier molecular flexibility index (Phi) is 6.58. The standard InChI is InChI=1S/C20H36O4/c1-5-13-11-23-19(13)17(21-3)15-7-9-16(10-8-15)18(22-4)20-14(6-2)12-24-20/h13-20H,5-12H2,1-4H3. The molecule has 0 bridgehead atoms. The highest BCUT2D eigenvalue weighted by atomic mass is 16.6. The van der Waals surface area contributed by atoms with Gasteiger partial charge in [0.2, 0.25) is 0 Å². The van der Waals surface area contributed by atoms with Crippen molar-refractivity contribution in [1.29, 1.82) is 0 Å². The van der Waals surface area contributed by atoms with Crippen LogP contribution in [0.3, 0.4) is 0 Å². The molecule has 2 aliphatic heterocycles. The van der Waals surface area contributed by atoms with Gasteiger partial charge in [0.05, 0.1) is 37.6 Å². The van der Waals surface area contributed by atoms with E-state index in [1.165, 1.54) is 38.5 Å². The summed E-state index contributed by atoms with van der Waals surface area (Å²) >= 11 is 0. The average Bonchev–Trinajstić information content (AvgIpc) is 2.56. The smallest absolute Gasteiger partial charge is 0.0889 e. The molecule has 2 saturated heterocycles. The van der Waals surface area contributed by atoms with E-state index in [1.54, 1.807) is 0 Å². The van der Waals surface area contributed by atoms with Crippen LogP contribution in [0.4, 0.5) is 0 Å². The molecule has 4 nitrogen and oxygen atoms in total. The van der Waals surface area contributed by atoms with Crippen LogP contribution in [0.15, 0.2) is 0 Å². The van der Waals surface area contributed by atoms with E-state index >= 15 is 0 Å². The van der Waals surface area contributed by atoms with Crippen LogP contribution in [-0.2, 0) is 18.9 Å². The van der Waals surface area contributed by atoms with E-state index in [0.29, 0.717) is 35.9 Å². The molecule has 1 saturated carbocycles. The summed E-state index contributed by atoms with van der Waals surface area (Å²) in [6.45, 7) is 6.35. The molecule has 0 radical (unpaired) electrons. The molecule has 6 unspecified atom stereocenters. The Morgan fingerprint density at radius 2 is 1.12 bits per heavy atom. The van der Waals surface area contributed by atoms with Crippen LogP contribution in [0.5, 0.6) is 0 Å². The third-order valence-corrected chi connectivity index (χ3v) is 6.92. The van der Waals surface area contributed by atoms with Crippen molar-refractivity contribution in [1.82, 2.24) is 0 Å². The fraction of sp³-hybridized carbons (Fsp3) is 1.00. The van der Waals surface area contributed by atoms with Gasteiger partial charge in [-0.25, -0.2) is 0 Å². The number of ether oxygens (including phenoxy) is 4. The molecule has 6 atom stereocenters. The summed E-state index contributed by atoms with van der Waals surface area (Å²) in [6, 6.07) is 0. The van der Waals surface area contributed by atoms with Gasteiger partial charge < -0.3 is 18.9 Å². The second kappa shape index (κ2) is 8.48. The third kappa shape index (κ3) is 3.53. The average molecular weight is 341 g/mol. The number of hydrogen-bond acceptors (Lipinski definition) is 4. The predicted octanol–water partition coefficient (Wildman–Crippen LogP) is 3.67. The maximum Gasteiger partial charge on any atom is 0.0889 e. The SMILES string of the molecule is CCC1COC1C(OC)C1CCC(C(OC)C2OCC2CC)CC1. The third-order valence-electron chi connectivity index (χ3n) is 6.92. The zero-order valence-electron chi connectivity index (χ0n) is 15.9. The Balaban J connectivity index is 1.52. The van der Waals surface area contributed by atoms with Gasteiger partial charge in [-0.15, -0.1) is 0 Å². The van der Waals surface area contributed by atoms with Crippen LogP contribution in [0.25, 0.3) is 0 Å². The van der Waals surface area contributed by atoms with Crippen molar-refractivity contribution in [2.75, 3.05) is 27.4 Å². The fourth-order valence-corrected chi connectivity index (χ4v) is 5.11. The lowest BCUT2D eigenvalue weighted by molar-refractivity contribution is -0.203. The molecule has 0 aromatic carbocycles. The second-order valence-electron chi connectivity index (χ2n) is 8.01. The molecule has 0 N–H and O–H groups in total. The van der Waals surface area contributed by atoms with Crippen LogP contribution >= 0.6 is 0 Å². The van der Waals surface area contributed by atoms with Gasteiger partial charge in [0, 0.05) is 26.1 Å². The molecule has 2 heterocycles. The molecule has 140 valence electrons. The second-order valence-corrected chi connectivity index (χ2v) is 8.01. The van der Waals surface area contributed by atoms with Crippen molar-refractivity contribution in [3.63, 3.8) is 0 Å². The van der Waals surface area contributed by atoms with Gasteiger partial charge in [0.25, 0.3) is 0 Å². The van der Waals surface area contributed by atoms with Crippen molar-refractivity contribution in [3.05, 3.63) is 0 Å². The molecule has 24 heavy (non-hydrogen) atoms. The van der Waals surface area contributed by atoms with Crippen molar-refractivity contribution >= 4 is 0 Å². The summed E-state index contributed by atoms with van der Waals surface area (Å²) in [4.78, 5) is 0. The minimum Gasteiger partial charge on any atom is -0.378 e. The first-order valence-electron chi connectivity index (χ1n) is 10.0. The van der Waals surface area contributed by atoms with Crippen molar-refractivity contribution in [2.24, 2.45) is 23.7 Å². The first kappa shape index (κ1) is 18.6. The lowest BCUT2D eigenvalue weighted by Gasteiger charge is -2.47. The van der Waals surface area contributed by atoms with Crippen LogP contribution in [0.1, 0.15) is 52.4 Å². The van der Waals surface area contributed by atoms with Gasteiger partial charge >= 0.3 is 0 Å². The summed E-state index contributed by atoms with van der Waals surface area (Å²) < 4.78 is 23.5. The molecule has 1 aliphatic carbocycles. The van der Waals surface area contributed by atoms with Gasteiger partial charge in [-0.05, 0) is 50.4 Å². The van der Waals surface area contributed by atoms with E-state index in [9.17, 15) is 0 Å². The summed E-state index contributed by atoms with van der Waals surface area (Å²) in [7, 11) is 3.72. The quantitative estimate of drug-likeness (QED) is 0.675. The maximum absolute atomic E-state index is 5.88. The van der Waals surface area contributed by atoms with Crippen LogP contribution in [0.2, 0.25) is 0 Å². The summed E-state index contributed by atoms with van der Waals surface area (Å²) in [6.07, 6.45) is 8.48. The first-order chi connectivity index (χ1) is 11.7. The number of rotatable bonds is 8. The summed E-state index contributed by atoms with van der Waals surface area (Å²) in [5, 5.41) is 0. The van der Waals surface area contributed by atoms with E-state index in [-0.39, 0.29) is 12.2 Å². The number of methoxy groups -OCH3 is 2. The fourth-order valence-electron chi connectivity index (χ4n) is 5.11. The van der Waals surface area contributed by atoms with Gasteiger partial charge in [-0.3, -0.25) is 0 Å². The molecule has 4 heteroatoms. The molecule has 3 rings (SSSR count). The van der Waals surface area contributed by atoms with E-state index in [2.05, 4.69) is 13.8 Å². The van der Waals surface area contributed by atoms with E-state index in [1.807, 2.05) is 14.2 Å². The normalized spacial score (nSPS) is 42.0. The Hall–Kier alpha value is -0.160. The minimum atomic E-state index is 0.272. The first-order valence-corrected chi connectivity index (χ1v) is 10.0. The van der Waals surface area contributed by atoms with Crippen LogP contribution in [0, 0.1) is 23.7 Å². The summed E-state index contributed by atoms with van der Waals surface area (Å²) in [5.41, 5.74) is 0. The molecule has 0 aromatic heterocycles. The zero-order valence-corrected chi connectivity index (χ0v) is 15.9. The summed E-state index contributed by atoms with van der Waals surface area (Å²) in [5.74, 6) is 2.64. The van der Waals surface area contributed by atoms with E-state index < -0.39 is 0 Å². The van der Waals surface area contributed by atoms with Crippen LogP contribution < -0.4 is 0 Å². The van der Waals surface area contributed by atoms with Gasteiger partial charge in [0.15, 0.2) is 0 Å². The van der Waals surface area contributed by atoms with E-state index in [4.69, 9.17) is 18.9 Å². The van der Waals surface area contributed by atoms with Crippen molar-refractivity contribution in [3.8, 4) is 0 Å². The Morgan fingerprint density at radius 3 is 1.33 bits per heavy atom. The Labute approximate surface area is 147 Å². The largest absolute Gasteiger partial charge is 0.378 e. The number of hydrogen-bond donors (Lipinski definition) is 0. The van der Waals surface area contributed by atoms with Gasteiger partial charge in [0.1, 0.15) is 0 Å². The van der Waals surface area contributed by atoms with Gasteiger partial charge in [-0.1, -0.05) is 13.8 Å². The minimum absolute atomic E-state index is 0.272. The van der Waals surface area contributed by atoms with E-state index in [0.717, 1.165) is 13.2 Å². The highest BCUT2D eigenvalue weighted by Gasteiger charge is 2.45. The predicted molar refractivity (Wildman–Crippen MR) is 94.1 cm³/mol. The molecule has 0 aromatic rings. The highest BCUT2D eigenvalue weighted by Crippen LogP contribution is 2.42. The maximum atomic E-state index is 5.88. The van der Waals surface area contributed by atoms with Crippen LogP contribution in [-0.4, -0.2) is 51.8 Å². The topological polar surface area (TPSA) is 36.9 Å². The molecule has 0 amide bonds. The zero-order chi connectivity index (χ0) is 17.1. The van der Waals surface area contributed by atoms with Gasteiger partial charge in [-0.2, -0.15) is 0 Å². The monoisotopic (exact) mass is 340 g/mol. The molecular weight excluding hydrogens is 304 g/mol. The highest BCUT2D eigenvalue weighted by molar-refractivity contribution is 4.94.